The van der Waals surface area contributed by atoms with Crippen LogP contribution >= 0.6 is 0 Å². The monoisotopic (exact) mass is 188 g/mol. The van der Waals surface area contributed by atoms with Crippen molar-refractivity contribution in [2.75, 3.05) is 6.54 Å². The molecule has 0 fully saturated rings. The van der Waals surface area contributed by atoms with Crippen molar-refractivity contribution >= 4 is 0 Å². The zero-order valence-corrected chi connectivity index (χ0v) is 8.75. The molecule has 0 atom stereocenters. The largest absolute Gasteiger partial charge is 0.330 e. The number of rotatable bonds is 3. The fourth-order valence-corrected chi connectivity index (χ4v) is 1.32. The topological polar surface area (TPSA) is 49.8 Å². The van der Waals surface area contributed by atoms with E-state index >= 15 is 0 Å². The van der Waals surface area contributed by atoms with Gasteiger partial charge in [0.2, 0.25) is 0 Å². The molecule has 0 amide bonds. The second-order valence-corrected chi connectivity index (χ2v) is 3.97. The molecule has 2 nitrogen and oxygen atoms in total. The van der Waals surface area contributed by atoms with E-state index in [9.17, 15) is 0 Å². The van der Waals surface area contributed by atoms with E-state index in [0.717, 1.165) is 12.0 Å². The van der Waals surface area contributed by atoms with Gasteiger partial charge in [-0.05, 0) is 37.9 Å². The van der Waals surface area contributed by atoms with Gasteiger partial charge in [0.1, 0.15) is 0 Å². The highest BCUT2D eigenvalue weighted by molar-refractivity contribution is 5.32. The maximum absolute atomic E-state index is 8.95. The van der Waals surface area contributed by atoms with Crippen LogP contribution in [0.1, 0.15) is 25.0 Å². The number of nitrogens with zero attached hydrogens (tertiary/aromatic N) is 1. The first kappa shape index (κ1) is 10.7. The van der Waals surface area contributed by atoms with Crippen molar-refractivity contribution in [1.29, 1.82) is 5.26 Å². The number of hydrogen-bond donors (Lipinski definition) is 1. The van der Waals surface area contributed by atoms with Crippen molar-refractivity contribution in [2.24, 2.45) is 5.73 Å². The predicted octanol–water partition coefficient (Wildman–Crippen LogP) is 1.99. The highest BCUT2D eigenvalue weighted by Gasteiger charge is 2.18. The standard InChI is InChI=1S/C12H16N2/c1-12(2,9-14)11-5-3-10(4-6-11)7-8-13/h3-6H,7-8,13H2,1-2H3. The van der Waals surface area contributed by atoms with Gasteiger partial charge >= 0.3 is 0 Å². The highest BCUT2D eigenvalue weighted by atomic mass is 14.5. The number of nitriles is 1. The van der Waals surface area contributed by atoms with Gasteiger partial charge in [0, 0.05) is 0 Å². The second kappa shape index (κ2) is 4.26. The molecular weight excluding hydrogens is 172 g/mol. The summed E-state index contributed by atoms with van der Waals surface area (Å²) >= 11 is 0. The van der Waals surface area contributed by atoms with Crippen LogP contribution in [0.15, 0.2) is 24.3 Å². The Hall–Kier alpha value is -1.33. The van der Waals surface area contributed by atoms with Gasteiger partial charge in [-0.1, -0.05) is 24.3 Å². The van der Waals surface area contributed by atoms with E-state index in [1.54, 1.807) is 0 Å². The van der Waals surface area contributed by atoms with E-state index in [-0.39, 0.29) is 0 Å². The summed E-state index contributed by atoms with van der Waals surface area (Å²) in [6.07, 6.45) is 0.896. The summed E-state index contributed by atoms with van der Waals surface area (Å²) in [5.74, 6) is 0. The Morgan fingerprint density at radius 3 is 2.29 bits per heavy atom. The molecule has 74 valence electrons. The molecular formula is C12H16N2. The van der Waals surface area contributed by atoms with Crippen LogP contribution in [-0.2, 0) is 11.8 Å². The minimum Gasteiger partial charge on any atom is -0.330 e. The average Bonchev–Trinajstić information content (AvgIpc) is 2.19. The van der Waals surface area contributed by atoms with Crippen LogP contribution in [0, 0.1) is 11.3 Å². The second-order valence-electron chi connectivity index (χ2n) is 3.97. The van der Waals surface area contributed by atoms with E-state index in [4.69, 9.17) is 11.0 Å². The number of benzene rings is 1. The van der Waals surface area contributed by atoms with Crippen molar-refractivity contribution in [2.45, 2.75) is 25.7 Å². The first-order valence-corrected chi connectivity index (χ1v) is 4.81. The van der Waals surface area contributed by atoms with Crippen LogP contribution in [0.2, 0.25) is 0 Å². The Kier molecular flexibility index (Phi) is 3.27. The molecule has 0 saturated heterocycles. The third-order valence-corrected chi connectivity index (χ3v) is 2.39. The molecule has 2 N–H and O–H groups in total. The van der Waals surface area contributed by atoms with Crippen LogP contribution in [0.3, 0.4) is 0 Å². The van der Waals surface area contributed by atoms with Crippen molar-refractivity contribution < 1.29 is 0 Å². The molecule has 0 aliphatic carbocycles. The van der Waals surface area contributed by atoms with Crippen molar-refractivity contribution in [3.63, 3.8) is 0 Å². The molecule has 1 aromatic carbocycles. The molecule has 0 bridgehead atoms. The van der Waals surface area contributed by atoms with Gasteiger partial charge < -0.3 is 5.73 Å². The predicted molar refractivity (Wildman–Crippen MR) is 57.8 cm³/mol. The fraction of sp³-hybridized carbons (Fsp3) is 0.417. The molecule has 1 rings (SSSR count). The normalized spacial score (nSPS) is 11.0. The molecule has 0 spiro atoms. The summed E-state index contributed by atoms with van der Waals surface area (Å²) in [6.45, 7) is 4.51. The summed E-state index contributed by atoms with van der Waals surface area (Å²) < 4.78 is 0. The van der Waals surface area contributed by atoms with Crippen LogP contribution < -0.4 is 5.73 Å². The van der Waals surface area contributed by atoms with Gasteiger partial charge in [-0.2, -0.15) is 5.26 Å². The molecule has 2 heteroatoms. The molecule has 14 heavy (non-hydrogen) atoms. The third kappa shape index (κ3) is 2.34. The van der Waals surface area contributed by atoms with Gasteiger partial charge in [0.05, 0.1) is 11.5 Å². The van der Waals surface area contributed by atoms with Gasteiger partial charge in [-0.3, -0.25) is 0 Å². The minimum atomic E-state index is -0.402. The Morgan fingerprint density at radius 1 is 1.29 bits per heavy atom. The first-order valence-electron chi connectivity index (χ1n) is 4.81. The maximum Gasteiger partial charge on any atom is 0.0766 e. The zero-order valence-electron chi connectivity index (χ0n) is 8.75. The molecule has 0 aromatic heterocycles. The van der Waals surface area contributed by atoms with E-state index in [2.05, 4.69) is 6.07 Å². The summed E-state index contributed by atoms with van der Waals surface area (Å²) in [7, 11) is 0. The molecule has 0 radical (unpaired) electrons. The summed E-state index contributed by atoms with van der Waals surface area (Å²) in [4.78, 5) is 0. The van der Waals surface area contributed by atoms with E-state index in [0.29, 0.717) is 6.54 Å². The van der Waals surface area contributed by atoms with Gasteiger partial charge in [-0.25, -0.2) is 0 Å². The molecule has 0 heterocycles. The summed E-state index contributed by atoms with van der Waals surface area (Å²) in [6, 6.07) is 10.4. The fourth-order valence-electron chi connectivity index (χ4n) is 1.32. The summed E-state index contributed by atoms with van der Waals surface area (Å²) in [5.41, 5.74) is 7.34. The lowest BCUT2D eigenvalue weighted by Crippen LogP contribution is -2.13. The quantitative estimate of drug-likeness (QED) is 0.788. The molecule has 0 unspecified atom stereocenters. The molecule has 0 aliphatic rings. The van der Waals surface area contributed by atoms with E-state index < -0.39 is 5.41 Å². The lowest BCUT2D eigenvalue weighted by atomic mass is 9.86. The molecule has 0 saturated carbocycles. The van der Waals surface area contributed by atoms with Crippen molar-refractivity contribution in [3.05, 3.63) is 35.4 Å². The van der Waals surface area contributed by atoms with Crippen LogP contribution in [0.4, 0.5) is 0 Å². The van der Waals surface area contributed by atoms with Gasteiger partial charge in [0.25, 0.3) is 0 Å². The zero-order chi connectivity index (χ0) is 10.6. The first-order chi connectivity index (χ1) is 6.60. The van der Waals surface area contributed by atoms with Crippen molar-refractivity contribution in [3.8, 4) is 6.07 Å². The average molecular weight is 188 g/mol. The highest BCUT2D eigenvalue weighted by Crippen LogP contribution is 2.22. The SMILES string of the molecule is CC(C)(C#N)c1ccc(CCN)cc1. The van der Waals surface area contributed by atoms with Gasteiger partial charge in [0.15, 0.2) is 0 Å². The summed E-state index contributed by atoms with van der Waals surface area (Å²) in [5, 5.41) is 8.95. The van der Waals surface area contributed by atoms with Crippen LogP contribution in [-0.4, -0.2) is 6.54 Å². The third-order valence-electron chi connectivity index (χ3n) is 2.39. The smallest absolute Gasteiger partial charge is 0.0766 e. The van der Waals surface area contributed by atoms with Gasteiger partial charge in [-0.15, -0.1) is 0 Å². The minimum absolute atomic E-state index is 0.402. The molecule has 0 aliphatic heterocycles. The number of hydrogen-bond acceptors (Lipinski definition) is 2. The molecule has 1 aromatic rings. The Morgan fingerprint density at radius 2 is 1.86 bits per heavy atom. The van der Waals surface area contributed by atoms with E-state index in [1.165, 1.54) is 5.56 Å². The number of nitrogens with two attached hydrogens (primary N) is 1. The van der Waals surface area contributed by atoms with Crippen molar-refractivity contribution in [1.82, 2.24) is 0 Å². The van der Waals surface area contributed by atoms with Crippen LogP contribution in [0.25, 0.3) is 0 Å². The lowest BCUT2D eigenvalue weighted by Gasteiger charge is -2.15. The maximum atomic E-state index is 8.95. The Labute approximate surface area is 85.4 Å². The lowest BCUT2D eigenvalue weighted by molar-refractivity contribution is 0.686. The Bertz CT molecular complexity index is 330. The van der Waals surface area contributed by atoms with E-state index in [1.807, 2.05) is 38.1 Å². The van der Waals surface area contributed by atoms with Crippen LogP contribution in [0.5, 0.6) is 0 Å². The Balaban J connectivity index is 2.90.